The number of carbonyl (C=O) groups excluding carboxylic acids is 1. The molecule has 1 aliphatic carbocycles. The van der Waals surface area contributed by atoms with Gasteiger partial charge in [0.05, 0.1) is 16.7 Å². The number of rotatable bonds is 8. The topological polar surface area (TPSA) is 80.9 Å². The molecule has 0 bridgehead atoms. The van der Waals surface area contributed by atoms with Crippen LogP contribution >= 0.6 is 0 Å². The Morgan fingerprint density at radius 1 is 1.03 bits per heavy atom. The molecule has 1 aliphatic heterocycles. The third-order valence-electron chi connectivity index (χ3n) is 8.22. The summed E-state index contributed by atoms with van der Waals surface area (Å²) in [4.78, 5) is 20.8. The number of aryl methyl sites for hydroxylation is 2. The zero-order chi connectivity index (χ0) is 26.8. The summed E-state index contributed by atoms with van der Waals surface area (Å²) in [5.74, 6) is 0.530. The Kier molecular flexibility index (Phi) is 7.52. The van der Waals surface area contributed by atoms with Crippen molar-refractivity contribution in [1.82, 2.24) is 15.3 Å². The lowest BCUT2D eigenvalue weighted by Gasteiger charge is -2.40. The van der Waals surface area contributed by atoms with Gasteiger partial charge in [0, 0.05) is 12.6 Å². The van der Waals surface area contributed by atoms with Crippen LogP contribution in [0, 0.1) is 0 Å². The van der Waals surface area contributed by atoms with Crippen LogP contribution in [-0.2, 0) is 35.6 Å². The standard InChI is InChI=1S/C30H33F3N4O/c31-30(32,33)25-19-36-27(18-20-6-8-21(9-7-20)22-12-16-35-17-13-22)37-26(25)11-10-23-4-1-2-5-24(23)29(28(34)38)14-3-15-29/h1-2,4-9,19,22,35H,3,10-18H2,(H2,34,38). The molecule has 0 spiro atoms. The van der Waals surface area contributed by atoms with Crippen LogP contribution < -0.4 is 11.1 Å². The van der Waals surface area contributed by atoms with Gasteiger partial charge >= 0.3 is 6.18 Å². The summed E-state index contributed by atoms with van der Waals surface area (Å²) in [6.07, 6.45) is 1.59. The highest BCUT2D eigenvalue weighted by atomic mass is 19.4. The van der Waals surface area contributed by atoms with E-state index in [0.29, 0.717) is 37.4 Å². The lowest BCUT2D eigenvalue weighted by molar-refractivity contribution is -0.138. The number of piperidine rings is 1. The smallest absolute Gasteiger partial charge is 0.369 e. The molecule has 1 amide bonds. The fourth-order valence-corrected chi connectivity index (χ4v) is 5.85. The van der Waals surface area contributed by atoms with E-state index >= 15 is 0 Å². The molecular weight excluding hydrogens is 489 g/mol. The molecule has 2 fully saturated rings. The van der Waals surface area contributed by atoms with Crippen molar-refractivity contribution in [2.75, 3.05) is 13.1 Å². The average Bonchev–Trinajstić information content (AvgIpc) is 2.88. The van der Waals surface area contributed by atoms with Gasteiger partial charge in [0.25, 0.3) is 0 Å². The van der Waals surface area contributed by atoms with Crippen molar-refractivity contribution in [1.29, 1.82) is 0 Å². The van der Waals surface area contributed by atoms with Gasteiger partial charge in [-0.05, 0) is 79.8 Å². The molecule has 5 nitrogen and oxygen atoms in total. The predicted molar refractivity (Wildman–Crippen MR) is 140 cm³/mol. The molecule has 2 heterocycles. The summed E-state index contributed by atoms with van der Waals surface area (Å²) < 4.78 is 41.5. The molecule has 0 atom stereocenters. The molecule has 0 unspecified atom stereocenters. The Labute approximate surface area is 221 Å². The van der Waals surface area contributed by atoms with E-state index in [1.54, 1.807) is 0 Å². The number of benzene rings is 2. The Morgan fingerprint density at radius 2 is 1.74 bits per heavy atom. The summed E-state index contributed by atoms with van der Waals surface area (Å²) >= 11 is 0. The number of hydrogen-bond donors (Lipinski definition) is 2. The number of carbonyl (C=O) groups is 1. The molecule has 5 rings (SSSR count). The first kappa shape index (κ1) is 26.4. The molecule has 3 N–H and O–H groups in total. The highest BCUT2D eigenvalue weighted by molar-refractivity contribution is 5.88. The van der Waals surface area contributed by atoms with E-state index in [4.69, 9.17) is 5.73 Å². The number of aromatic nitrogens is 2. The fourth-order valence-electron chi connectivity index (χ4n) is 5.85. The van der Waals surface area contributed by atoms with Crippen molar-refractivity contribution in [2.45, 2.75) is 68.9 Å². The minimum absolute atomic E-state index is 0.0228. The van der Waals surface area contributed by atoms with E-state index < -0.39 is 17.2 Å². The maximum Gasteiger partial charge on any atom is 0.419 e. The minimum atomic E-state index is -4.55. The molecule has 200 valence electrons. The van der Waals surface area contributed by atoms with Crippen LogP contribution in [0.2, 0.25) is 0 Å². The first-order chi connectivity index (χ1) is 18.3. The summed E-state index contributed by atoms with van der Waals surface area (Å²) in [5, 5.41) is 3.37. The molecule has 8 heteroatoms. The molecular formula is C30H33F3N4O. The lowest BCUT2D eigenvalue weighted by atomic mass is 9.62. The average molecular weight is 523 g/mol. The van der Waals surface area contributed by atoms with Crippen molar-refractivity contribution in [3.63, 3.8) is 0 Å². The van der Waals surface area contributed by atoms with Crippen molar-refractivity contribution in [3.05, 3.63) is 94.1 Å². The number of hydrogen-bond acceptors (Lipinski definition) is 4. The summed E-state index contributed by atoms with van der Waals surface area (Å²) in [6, 6.07) is 15.7. The van der Waals surface area contributed by atoms with Crippen LogP contribution in [0.1, 0.15) is 77.4 Å². The van der Waals surface area contributed by atoms with Gasteiger partial charge in [-0.2, -0.15) is 13.2 Å². The predicted octanol–water partition coefficient (Wildman–Crippen LogP) is 5.25. The summed E-state index contributed by atoms with van der Waals surface area (Å²) in [6.45, 7) is 2.03. The second-order valence-electron chi connectivity index (χ2n) is 10.5. The van der Waals surface area contributed by atoms with Gasteiger partial charge in [0.1, 0.15) is 5.82 Å². The van der Waals surface area contributed by atoms with E-state index in [1.807, 2.05) is 36.4 Å². The van der Waals surface area contributed by atoms with Gasteiger partial charge in [-0.1, -0.05) is 55.0 Å². The van der Waals surface area contributed by atoms with E-state index in [0.717, 1.165) is 55.2 Å². The normalized spacial score (nSPS) is 17.7. The molecule has 2 aromatic carbocycles. The number of halogens is 3. The number of nitrogens with one attached hydrogen (secondary N) is 1. The molecule has 2 aliphatic rings. The van der Waals surface area contributed by atoms with Crippen molar-refractivity contribution < 1.29 is 18.0 Å². The van der Waals surface area contributed by atoms with E-state index in [1.165, 1.54) is 5.56 Å². The van der Waals surface area contributed by atoms with Crippen LogP contribution in [0.25, 0.3) is 0 Å². The molecule has 0 radical (unpaired) electrons. The number of nitrogens with zero attached hydrogens (tertiary/aromatic N) is 2. The second-order valence-corrected chi connectivity index (χ2v) is 10.5. The van der Waals surface area contributed by atoms with Gasteiger partial charge in [0.15, 0.2) is 0 Å². The SMILES string of the molecule is NC(=O)C1(c2ccccc2CCc2nc(Cc3ccc(C4CCNCC4)cc3)ncc2C(F)(F)F)CCC1. The Balaban J connectivity index is 1.36. The zero-order valence-corrected chi connectivity index (χ0v) is 21.4. The van der Waals surface area contributed by atoms with Gasteiger partial charge in [0.2, 0.25) is 5.91 Å². The second kappa shape index (κ2) is 10.8. The maximum atomic E-state index is 13.8. The first-order valence-electron chi connectivity index (χ1n) is 13.4. The summed E-state index contributed by atoms with van der Waals surface area (Å²) in [5.41, 5.74) is 8.13. The maximum absolute atomic E-state index is 13.8. The Morgan fingerprint density at radius 3 is 2.37 bits per heavy atom. The number of primary amides is 1. The van der Waals surface area contributed by atoms with Gasteiger partial charge in [-0.25, -0.2) is 9.97 Å². The lowest BCUT2D eigenvalue weighted by Crippen LogP contribution is -2.47. The quantitative estimate of drug-likeness (QED) is 0.424. The van der Waals surface area contributed by atoms with Gasteiger partial charge in [-0.3, -0.25) is 4.79 Å². The largest absolute Gasteiger partial charge is 0.419 e. The van der Waals surface area contributed by atoms with E-state index in [-0.39, 0.29) is 18.0 Å². The molecule has 3 aromatic rings. The monoisotopic (exact) mass is 522 g/mol. The van der Waals surface area contributed by atoms with Crippen LogP contribution in [0.5, 0.6) is 0 Å². The third kappa shape index (κ3) is 5.46. The van der Waals surface area contributed by atoms with E-state index in [9.17, 15) is 18.0 Å². The highest BCUT2D eigenvalue weighted by Gasteiger charge is 2.45. The number of amides is 1. The van der Waals surface area contributed by atoms with Gasteiger partial charge in [-0.15, -0.1) is 0 Å². The van der Waals surface area contributed by atoms with Crippen LogP contribution in [0.4, 0.5) is 13.2 Å². The Hall–Kier alpha value is -3.26. The minimum Gasteiger partial charge on any atom is -0.369 e. The van der Waals surface area contributed by atoms with Crippen molar-refractivity contribution >= 4 is 5.91 Å². The first-order valence-corrected chi connectivity index (χ1v) is 13.4. The van der Waals surface area contributed by atoms with Crippen LogP contribution in [0.3, 0.4) is 0 Å². The summed E-state index contributed by atoms with van der Waals surface area (Å²) in [7, 11) is 0. The Bertz CT molecular complexity index is 1280. The van der Waals surface area contributed by atoms with Crippen LogP contribution in [0.15, 0.2) is 54.7 Å². The molecule has 1 saturated carbocycles. The van der Waals surface area contributed by atoms with Gasteiger partial charge < -0.3 is 11.1 Å². The zero-order valence-electron chi connectivity index (χ0n) is 21.4. The number of nitrogens with two attached hydrogens (primary N) is 1. The van der Waals surface area contributed by atoms with Crippen molar-refractivity contribution in [3.8, 4) is 0 Å². The van der Waals surface area contributed by atoms with Crippen molar-refractivity contribution in [2.24, 2.45) is 5.73 Å². The molecule has 38 heavy (non-hydrogen) atoms. The van der Waals surface area contributed by atoms with E-state index in [2.05, 4.69) is 27.4 Å². The number of alkyl halides is 3. The third-order valence-corrected chi connectivity index (χ3v) is 8.22. The molecule has 1 aromatic heterocycles. The highest BCUT2D eigenvalue weighted by Crippen LogP contribution is 2.45. The van der Waals surface area contributed by atoms with Crippen LogP contribution in [-0.4, -0.2) is 29.0 Å². The fraction of sp³-hybridized carbons (Fsp3) is 0.433. The molecule has 1 saturated heterocycles.